The predicted molar refractivity (Wildman–Crippen MR) is 66.0 cm³/mol. The van der Waals surface area contributed by atoms with Crippen molar-refractivity contribution in [1.29, 1.82) is 0 Å². The van der Waals surface area contributed by atoms with Crippen LogP contribution in [0, 0.1) is 12.8 Å². The van der Waals surface area contributed by atoms with Crippen LogP contribution in [0.15, 0.2) is 18.2 Å². The minimum atomic E-state index is -0.771. The van der Waals surface area contributed by atoms with E-state index in [2.05, 4.69) is 11.2 Å². The minimum Gasteiger partial charge on any atom is -0.481 e. The van der Waals surface area contributed by atoms with E-state index >= 15 is 0 Å². The van der Waals surface area contributed by atoms with E-state index in [-0.39, 0.29) is 0 Å². The van der Waals surface area contributed by atoms with Crippen molar-refractivity contribution >= 4 is 16.9 Å². The van der Waals surface area contributed by atoms with Gasteiger partial charge in [-0.3, -0.25) is 9.48 Å². The first-order chi connectivity index (χ1) is 7.99. The van der Waals surface area contributed by atoms with Gasteiger partial charge in [-0.1, -0.05) is 18.6 Å². The van der Waals surface area contributed by atoms with E-state index in [4.69, 9.17) is 5.11 Å². The molecule has 1 unspecified atom stereocenters. The Labute approximate surface area is 99.9 Å². The van der Waals surface area contributed by atoms with Crippen LogP contribution in [0.4, 0.5) is 0 Å². The zero-order valence-corrected chi connectivity index (χ0v) is 10.3. The molecule has 4 nitrogen and oxygen atoms in total. The molecule has 0 aliphatic heterocycles. The summed E-state index contributed by atoms with van der Waals surface area (Å²) >= 11 is 0. The summed E-state index contributed by atoms with van der Waals surface area (Å²) in [6.07, 6.45) is 0.506. The van der Waals surface area contributed by atoms with Crippen molar-refractivity contribution in [3.63, 3.8) is 0 Å². The summed E-state index contributed by atoms with van der Waals surface area (Å²) < 4.78 is 1.78. The molecule has 4 heteroatoms. The van der Waals surface area contributed by atoms with Crippen molar-refractivity contribution in [2.45, 2.75) is 20.3 Å². The highest BCUT2D eigenvalue weighted by Crippen LogP contribution is 2.21. The van der Waals surface area contributed by atoms with Gasteiger partial charge in [-0.15, -0.1) is 0 Å². The van der Waals surface area contributed by atoms with Crippen LogP contribution in [0.2, 0.25) is 0 Å². The monoisotopic (exact) mass is 232 g/mol. The molecule has 1 aromatic heterocycles. The topological polar surface area (TPSA) is 55.1 Å². The van der Waals surface area contributed by atoms with Crippen molar-refractivity contribution in [1.82, 2.24) is 9.78 Å². The third-order valence-electron chi connectivity index (χ3n) is 3.03. The second-order valence-corrected chi connectivity index (χ2v) is 4.53. The molecule has 0 radical (unpaired) electrons. The molecule has 0 spiro atoms. The van der Waals surface area contributed by atoms with Gasteiger partial charge in [0.1, 0.15) is 0 Å². The number of aryl methyl sites for hydroxylation is 2. The SMILES string of the molecule is Cc1ccc2nn(C)c(CC(C)C(=O)O)c2c1. The minimum absolute atomic E-state index is 0.394. The summed E-state index contributed by atoms with van der Waals surface area (Å²) in [4.78, 5) is 10.9. The van der Waals surface area contributed by atoms with Crippen LogP contribution in [0.5, 0.6) is 0 Å². The fourth-order valence-electron chi connectivity index (χ4n) is 1.98. The number of hydrogen-bond donors (Lipinski definition) is 1. The Morgan fingerprint density at radius 2 is 2.24 bits per heavy atom. The van der Waals surface area contributed by atoms with Gasteiger partial charge in [-0.25, -0.2) is 0 Å². The Morgan fingerprint density at radius 3 is 2.88 bits per heavy atom. The van der Waals surface area contributed by atoms with Gasteiger partial charge in [-0.2, -0.15) is 5.10 Å². The smallest absolute Gasteiger partial charge is 0.306 e. The van der Waals surface area contributed by atoms with Crippen molar-refractivity contribution in [2.75, 3.05) is 0 Å². The molecule has 90 valence electrons. The predicted octanol–water partition coefficient (Wildman–Crippen LogP) is 2.14. The molecule has 2 aromatic rings. The lowest BCUT2D eigenvalue weighted by molar-refractivity contribution is -0.141. The van der Waals surface area contributed by atoms with E-state index in [1.54, 1.807) is 11.6 Å². The molecule has 2 rings (SSSR count). The Hall–Kier alpha value is -1.84. The molecular weight excluding hydrogens is 216 g/mol. The van der Waals surface area contributed by atoms with Gasteiger partial charge < -0.3 is 5.11 Å². The molecule has 0 saturated carbocycles. The summed E-state index contributed by atoms with van der Waals surface area (Å²) in [7, 11) is 1.86. The summed E-state index contributed by atoms with van der Waals surface area (Å²) in [6.45, 7) is 3.74. The number of carbonyl (C=O) groups is 1. The van der Waals surface area contributed by atoms with E-state index in [9.17, 15) is 4.79 Å². The normalized spacial score (nSPS) is 12.9. The molecule has 1 atom stereocenters. The third kappa shape index (κ3) is 2.16. The number of rotatable bonds is 3. The molecule has 0 bridgehead atoms. The number of hydrogen-bond acceptors (Lipinski definition) is 2. The fourth-order valence-corrected chi connectivity index (χ4v) is 1.98. The van der Waals surface area contributed by atoms with Crippen molar-refractivity contribution in [3.05, 3.63) is 29.5 Å². The lowest BCUT2D eigenvalue weighted by atomic mass is 10.0. The van der Waals surface area contributed by atoms with Crippen LogP contribution in [-0.4, -0.2) is 20.9 Å². The van der Waals surface area contributed by atoms with E-state index in [0.717, 1.165) is 22.2 Å². The maximum absolute atomic E-state index is 10.9. The van der Waals surface area contributed by atoms with Gasteiger partial charge in [0.2, 0.25) is 0 Å². The number of nitrogens with zero attached hydrogens (tertiary/aromatic N) is 2. The number of aliphatic carboxylic acids is 1. The highest BCUT2D eigenvalue weighted by molar-refractivity contribution is 5.83. The van der Waals surface area contributed by atoms with Crippen LogP contribution in [0.3, 0.4) is 0 Å². The van der Waals surface area contributed by atoms with Crippen molar-refractivity contribution in [3.8, 4) is 0 Å². The molecule has 0 aliphatic carbocycles. The zero-order chi connectivity index (χ0) is 12.6. The van der Waals surface area contributed by atoms with Crippen LogP contribution >= 0.6 is 0 Å². The van der Waals surface area contributed by atoms with Crippen molar-refractivity contribution < 1.29 is 9.90 Å². The summed E-state index contributed by atoms with van der Waals surface area (Å²) in [5.41, 5.74) is 3.07. The molecule has 17 heavy (non-hydrogen) atoms. The van der Waals surface area contributed by atoms with E-state index in [1.807, 2.05) is 26.1 Å². The van der Waals surface area contributed by atoms with Gasteiger partial charge in [0.15, 0.2) is 0 Å². The summed E-state index contributed by atoms with van der Waals surface area (Å²) in [5, 5.41) is 14.4. The Morgan fingerprint density at radius 1 is 1.53 bits per heavy atom. The Bertz CT molecular complexity index is 572. The van der Waals surface area contributed by atoms with Crippen LogP contribution in [-0.2, 0) is 18.3 Å². The molecule has 1 aromatic carbocycles. The number of carboxylic acids is 1. The average Bonchev–Trinajstić information content (AvgIpc) is 2.55. The highest BCUT2D eigenvalue weighted by atomic mass is 16.4. The maximum Gasteiger partial charge on any atom is 0.306 e. The highest BCUT2D eigenvalue weighted by Gasteiger charge is 2.17. The first-order valence-electron chi connectivity index (χ1n) is 5.64. The zero-order valence-electron chi connectivity index (χ0n) is 10.3. The maximum atomic E-state index is 10.9. The number of benzene rings is 1. The van der Waals surface area contributed by atoms with Gasteiger partial charge in [-0.05, 0) is 19.1 Å². The van der Waals surface area contributed by atoms with E-state index < -0.39 is 11.9 Å². The number of aromatic nitrogens is 2. The second kappa shape index (κ2) is 4.20. The second-order valence-electron chi connectivity index (χ2n) is 4.53. The Balaban J connectivity index is 2.48. The molecular formula is C13H16N2O2. The number of carboxylic acid groups (broad SMARTS) is 1. The lowest BCUT2D eigenvalue weighted by Crippen LogP contribution is -2.14. The molecule has 0 saturated heterocycles. The summed E-state index contributed by atoms with van der Waals surface area (Å²) in [5.74, 6) is -1.17. The quantitative estimate of drug-likeness (QED) is 0.882. The van der Waals surface area contributed by atoms with Crippen LogP contribution < -0.4 is 0 Å². The first-order valence-corrected chi connectivity index (χ1v) is 5.64. The van der Waals surface area contributed by atoms with Gasteiger partial charge in [0, 0.05) is 24.5 Å². The third-order valence-corrected chi connectivity index (χ3v) is 3.03. The molecule has 1 heterocycles. The van der Waals surface area contributed by atoms with Gasteiger partial charge >= 0.3 is 5.97 Å². The first kappa shape index (κ1) is 11.6. The average molecular weight is 232 g/mol. The van der Waals surface area contributed by atoms with Crippen LogP contribution in [0.1, 0.15) is 18.2 Å². The van der Waals surface area contributed by atoms with Crippen molar-refractivity contribution in [2.24, 2.45) is 13.0 Å². The number of fused-ring (bicyclic) bond motifs is 1. The van der Waals surface area contributed by atoms with Gasteiger partial charge in [0.05, 0.1) is 11.4 Å². The largest absolute Gasteiger partial charge is 0.481 e. The van der Waals surface area contributed by atoms with Crippen LogP contribution in [0.25, 0.3) is 10.9 Å². The molecule has 1 N–H and O–H groups in total. The lowest BCUT2D eigenvalue weighted by Gasteiger charge is -2.07. The molecule has 0 aliphatic rings. The van der Waals surface area contributed by atoms with Gasteiger partial charge in [0.25, 0.3) is 0 Å². The summed E-state index contributed by atoms with van der Waals surface area (Å²) in [6, 6.07) is 6.05. The molecule has 0 amide bonds. The Kier molecular flexibility index (Phi) is 2.88. The van der Waals surface area contributed by atoms with E-state index in [0.29, 0.717) is 6.42 Å². The standard InChI is InChI=1S/C13H16N2O2/c1-8-4-5-11-10(6-8)12(15(3)14-11)7-9(2)13(16)17/h4-6,9H,7H2,1-3H3,(H,16,17). The molecule has 0 fully saturated rings. The van der Waals surface area contributed by atoms with E-state index in [1.165, 1.54) is 0 Å². The fraction of sp³-hybridized carbons (Fsp3) is 0.385.